The Morgan fingerprint density at radius 3 is 2.53 bits per heavy atom. The van der Waals surface area contributed by atoms with Gasteiger partial charge in [0.05, 0.1) is 6.61 Å². The topological polar surface area (TPSA) is 26.3 Å². The van der Waals surface area contributed by atoms with Gasteiger partial charge < -0.3 is 4.74 Å². The van der Waals surface area contributed by atoms with Crippen molar-refractivity contribution in [1.29, 1.82) is 0 Å². The zero-order valence-corrected chi connectivity index (χ0v) is 11.8. The van der Waals surface area contributed by atoms with Crippen LogP contribution in [0.1, 0.15) is 26.2 Å². The summed E-state index contributed by atoms with van der Waals surface area (Å²) in [7, 11) is 0. The van der Waals surface area contributed by atoms with E-state index in [4.69, 9.17) is 26.9 Å². The molecule has 88 valence electrons. The van der Waals surface area contributed by atoms with Crippen LogP contribution in [0.2, 0.25) is 12.6 Å². The molecule has 0 fully saturated rings. The van der Waals surface area contributed by atoms with Crippen LogP contribution in [0.15, 0.2) is 12.2 Å². The molecule has 0 heterocycles. The summed E-state index contributed by atoms with van der Waals surface area (Å²) < 4.78 is 5.00. The highest BCUT2D eigenvalue weighted by Crippen LogP contribution is 2.19. The molecule has 0 amide bonds. The summed E-state index contributed by atoms with van der Waals surface area (Å²) in [6, 6.07) is 0.558. The summed E-state index contributed by atoms with van der Waals surface area (Å²) in [5.41, 5.74) is 0.532. The summed E-state index contributed by atoms with van der Waals surface area (Å²) in [6.45, 7) is 5.69. The molecule has 15 heavy (non-hydrogen) atoms. The maximum Gasteiger partial charge on any atom is 0.333 e. The van der Waals surface area contributed by atoms with Crippen LogP contribution in [0, 0.1) is 0 Å². The summed E-state index contributed by atoms with van der Waals surface area (Å²) in [4.78, 5) is 11.3. The van der Waals surface area contributed by atoms with Gasteiger partial charge in [0, 0.05) is 11.6 Å². The molecule has 0 aliphatic heterocycles. The predicted molar refractivity (Wildman–Crippen MR) is 67.8 cm³/mol. The summed E-state index contributed by atoms with van der Waals surface area (Å²) >= 11 is 11.7. The molecule has 0 aliphatic rings. The lowest BCUT2D eigenvalue weighted by Crippen LogP contribution is -2.18. The van der Waals surface area contributed by atoms with Crippen LogP contribution in [-0.2, 0) is 9.53 Å². The molecule has 0 rings (SSSR count). The van der Waals surface area contributed by atoms with Gasteiger partial charge in [-0.2, -0.15) is 0 Å². The van der Waals surface area contributed by atoms with Crippen LogP contribution in [-0.4, -0.2) is 19.3 Å². The van der Waals surface area contributed by atoms with Gasteiger partial charge in [-0.15, -0.1) is 22.2 Å². The molecule has 0 radical (unpaired) electrons. The number of esters is 1. The van der Waals surface area contributed by atoms with Crippen LogP contribution in [0.5, 0.6) is 0 Å². The lowest BCUT2D eigenvalue weighted by Gasteiger charge is -2.11. The Labute approximate surface area is 102 Å². The number of ether oxygens (including phenoxy) is 1. The first kappa shape index (κ1) is 15.0. The minimum Gasteiger partial charge on any atom is -0.463 e. The summed E-state index contributed by atoms with van der Waals surface area (Å²) in [5, 5.41) is 0. The minimum atomic E-state index is -2.15. The van der Waals surface area contributed by atoms with E-state index in [1.54, 1.807) is 6.55 Å². The Hall–Kier alpha value is 0.00688. The molecule has 0 aromatic rings. The Morgan fingerprint density at radius 1 is 1.47 bits per heavy atom. The highest BCUT2D eigenvalue weighted by atomic mass is 35.7. The molecule has 0 unspecified atom stereocenters. The molecule has 0 N–H and O–H groups in total. The highest BCUT2D eigenvalue weighted by Gasteiger charge is 2.21. The number of carbonyl (C=O) groups excluding carboxylic acids is 1. The summed E-state index contributed by atoms with van der Waals surface area (Å²) in [6.07, 6.45) is 2.71. The van der Waals surface area contributed by atoms with Crippen molar-refractivity contribution in [2.24, 2.45) is 0 Å². The van der Waals surface area contributed by atoms with Crippen molar-refractivity contribution in [2.75, 3.05) is 6.61 Å². The van der Waals surface area contributed by atoms with Gasteiger partial charge in [0.1, 0.15) is 0 Å². The molecule has 0 aromatic carbocycles. The first-order chi connectivity index (χ1) is 6.87. The molecule has 0 saturated heterocycles. The normalized spacial score (nSPS) is 11.2. The van der Waals surface area contributed by atoms with Crippen molar-refractivity contribution in [2.45, 2.75) is 38.8 Å². The van der Waals surface area contributed by atoms with Crippen molar-refractivity contribution in [3.63, 3.8) is 0 Å². The Kier molecular flexibility index (Phi) is 7.31. The smallest absolute Gasteiger partial charge is 0.333 e. The van der Waals surface area contributed by atoms with E-state index in [0.717, 1.165) is 12.8 Å². The molecule has 5 heteroatoms. The van der Waals surface area contributed by atoms with Crippen LogP contribution < -0.4 is 0 Å². The van der Waals surface area contributed by atoms with Gasteiger partial charge in [0.2, 0.25) is 0 Å². The van der Waals surface area contributed by atoms with Gasteiger partial charge >= 0.3 is 5.97 Å². The molecule has 0 bridgehead atoms. The van der Waals surface area contributed by atoms with E-state index in [2.05, 4.69) is 13.5 Å². The predicted octanol–water partition coefficient (Wildman–Crippen LogP) is 3.83. The standard InChI is InChI=1S/C10H18Cl2O2Si/c1-4-5-6-9(2)10(13)14-7-8-15(3,11)12/h2,4-8H2,1,3H3. The Morgan fingerprint density at radius 2 is 2.07 bits per heavy atom. The first-order valence-corrected chi connectivity index (χ1v) is 9.82. The van der Waals surface area contributed by atoms with Crippen LogP contribution in [0.3, 0.4) is 0 Å². The fourth-order valence-electron chi connectivity index (χ4n) is 0.917. The van der Waals surface area contributed by atoms with E-state index in [1.807, 2.05) is 0 Å². The molecule has 2 nitrogen and oxygen atoms in total. The fraction of sp³-hybridized carbons (Fsp3) is 0.700. The summed E-state index contributed by atoms with van der Waals surface area (Å²) in [5.74, 6) is -0.324. The maximum absolute atomic E-state index is 11.3. The second-order valence-electron chi connectivity index (χ2n) is 3.66. The van der Waals surface area contributed by atoms with Gasteiger partial charge in [-0.05, 0) is 19.4 Å². The molecule has 0 aliphatic carbocycles. The van der Waals surface area contributed by atoms with Crippen molar-refractivity contribution in [1.82, 2.24) is 0 Å². The van der Waals surface area contributed by atoms with E-state index in [1.165, 1.54) is 0 Å². The second kappa shape index (κ2) is 7.31. The lowest BCUT2D eigenvalue weighted by molar-refractivity contribution is -0.138. The Balaban J connectivity index is 3.70. The molecule has 0 saturated carbocycles. The number of halogens is 2. The fourth-order valence-corrected chi connectivity index (χ4v) is 1.84. The maximum atomic E-state index is 11.3. The SMILES string of the molecule is C=C(CCCC)C(=O)OCC[Si](C)(Cl)Cl. The Bertz CT molecular complexity index is 224. The molecule has 0 spiro atoms. The van der Waals surface area contributed by atoms with Crippen molar-refractivity contribution >= 4 is 34.8 Å². The number of hydrogen-bond acceptors (Lipinski definition) is 2. The molecule has 0 atom stereocenters. The van der Waals surface area contributed by atoms with Gasteiger partial charge in [-0.1, -0.05) is 19.9 Å². The number of rotatable bonds is 7. The molecular formula is C10H18Cl2O2Si. The molecule has 0 aromatic heterocycles. The third kappa shape index (κ3) is 8.97. The average molecular weight is 269 g/mol. The van der Waals surface area contributed by atoms with E-state index in [-0.39, 0.29) is 5.97 Å². The zero-order chi connectivity index (χ0) is 11.9. The van der Waals surface area contributed by atoms with Crippen LogP contribution in [0.25, 0.3) is 0 Å². The van der Waals surface area contributed by atoms with Gasteiger partial charge in [-0.25, -0.2) is 4.79 Å². The van der Waals surface area contributed by atoms with Gasteiger partial charge in [0.25, 0.3) is 6.69 Å². The number of unbranched alkanes of at least 4 members (excludes halogenated alkanes) is 1. The second-order valence-corrected chi connectivity index (χ2v) is 11.9. The van der Waals surface area contributed by atoms with Crippen LogP contribution in [0.4, 0.5) is 0 Å². The number of hydrogen-bond donors (Lipinski definition) is 0. The highest BCUT2D eigenvalue weighted by molar-refractivity contribution is 7.44. The quantitative estimate of drug-likeness (QED) is 0.304. The monoisotopic (exact) mass is 268 g/mol. The van der Waals surface area contributed by atoms with E-state index < -0.39 is 6.69 Å². The van der Waals surface area contributed by atoms with Gasteiger partial charge in [-0.3, -0.25) is 0 Å². The third-order valence-electron chi connectivity index (χ3n) is 1.89. The minimum absolute atomic E-state index is 0.291. The van der Waals surface area contributed by atoms with E-state index in [0.29, 0.717) is 24.6 Å². The average Bonchev–Trinajstić information content (AvgIpc) is 2.11. The van der Waals surface area contributed by atoms with E-state index >= 15 is 0 Å². The zero-order valence-electron chi connectivity index (χ0n) is 9.32. The van der Waals surface area contributed by atoms with Crippen molar-refractivity contribution < 1.29 is 9.53 Å². The number of carbonyl (C=O) groups is 1. The van der Waals surface area contributed by atoms with Crippen LogP contribution >= 0.6 is 22.2 Å². The van der Waals surface area contributed by atoms with Gasteiger partial charge in [0.15, 0.2) is 0 Å². The molecular weight excluding hydrogens is 251 g/mol. The van der Waals surface area contributed by atoms with Crippen molar-refractivity contribution in [3.8, 4) is 0 Å². The first-order valence-electron chi connectivity index (χ1n) is 5.09. The van der Waals surface area contributed by atoms with Crippen molar-refractivity contribution in [3.05, 3.63) is 12.2 Å². The van der Waals surface area contributed by atoms with E-state index in [9.17, 15) is 4.79 Å². The third-order valence-corrected chi connectivity index (χ3v) is 4.11. The lowest BCUT2D eigenvalue weighted by atomic mass is 10.1. The largest absolute Gasteiger partial charge is 0.463 e.